The molecule has 1 aromatic heterocycles. The van der Waals surface area contributed by atoms with Gasteiger partial charge in [-0.3, -0.25) is 39.4 Å². The Morgan fingerprint density at radius 3 is 2.75 bits per heavy atom. The van der Waals surface area contributed by atoms with E-state index in [-0.39, 0.29) is 30.0 Å². The highest BCUT2D eigenvalue weighted by Crippen LogP contribution is 2.34. The average molecular weight is 545 g/mol. The zero-order valence-electron chi connectivity index (χ0n) is 22.3. The number of aromatic nitrogens is 1. The molecule has 1 saturated carbocycles. The van der Waals surface area contributed by atoms with Crippen LogP contribution < -0.4 is 21.1 Å². The summed E-state index contributed by atoms with van der Waals surface area (Å²) in [4.78, 5) is 59.5. The van der Waals surface area contributed by atoms with Crippen LogP contribution in [0.5, 0.6) is 5.75 Å². The third kappa shape index (κ3) is 5.45. The summed E-state index contributed by atoms with van der Waals surface area (Å²) in [5.74, 6) is -0.771. The lowest BCUT2D eigenvalue weighted by Gasteiger charge is -2.32. The van der Waals surface area contributed by atoms with Gasteiger partial charge in [-0.25, -0.2) is 0 Å². The molecule has 1 aromatic carbocycles. The fourth-order valence-corrected chi connectivity index (χ4v) is 5.40. The molecule has 4 N–H and O–H groups in total. The molecule has 1 aliphatic carbocycles. The predicted molar refractivity (Wildman–Crippen MR) is 149 cm³/mol. The Morgan fingerprint density at radius 1 is 1.20 bits per heavy atom. The molecule has 4 amide bonds. The number of nitrogens with zero attached hydrogens (tertiary/aromatic N) is 3. The van der Waals surface area contributed by atoms with Crippen LogP contribution >= 0.6 is 0 Å². The molecule has 0 bridgehead atoms. The lowest BCUT2D eigenvalue weighted by Crippen LogP contribution is -2.54. The number of anilines is 1. The minimum Gasteiger partial charge on any atom is -0.494 e. The third-order valence-corrected chi connectivity index (χ3v) is 7.64. The van der Waals surface area contributed by atoms with Crippen LogP contribution in [0.25, 0.3) is 5.57 Å². The molecule has 2 fully saturated rings. The minimum absolute atomic E-state index is 0.0941. The maximum absolute atomic E-state index is 13.0. The number of methoxy groups -OCH3 is 1. The summed E-state index contributed by atoms with van der Waals surface area (Å²) in [6.07, 6.45) is 9.22. The van der Waals surface area contributed by atoms with Crippen LogP contribution in [0.2, 0.25) is 0 Å². The minimum atomic E-state index is -0.965. The highest BCUT2D eigenvalue weighted by Gasteiger charge is 2.44. The second kappa shape index (κ2) is 11.7. The SMILES string of the molecule is COc1cccnc1C(C=NC1CC(CCCNc2ccc3c(c2)C(=O)N(C2CCC(=O)NC2=O)C3=O)C1)=CN. The number of aliphatic imine (C=N–C) groups is 1. The van der Waals surface area contributed by atoms with Gasteiger partial charge >= 0.3 is 0 Å². The van der Waals surface area contributed by atoms with E-state index < -0.39 is 29.7 Å². The summed E-state index contributed by atoms with van der Waals surface area (Å²) in [6.45, 7) is 0.724. The molecule has 5 rings (SSSR count). The van der Waals surface area contributed by atoms with Gasteiger partial charge in [0.25, 0.3) is 11.8 Å². The van der Waals surface area contributed by atoms with E-state index in [0.717, 1.165) is 48.4 Å². The highest BCUT2D eigenvalue weighted by atomic mass is 16.5. The van der Waals surface area contributed by atoms with Crippen molar-refractivity contribution >= 4 is 41.1 Å². The normalized spacial score (nSPS) is 22.8. The van der Waals surface area contributed by atoms with Crippen molar-refractivity contribution in [2.45, 2.75) is 50.6 Å². The van der Waals surface area contributed by atoms with E-state index in [2.05, 4.69) is 20.6 Å². The number of carbonyl (C=O) groups is 4. The molecular formula is C29H32N6O5. The first-order chi connectivity index (χ1) is 19.4. The van der Waals surface area contributed by atoms with Crippen molar-refractivity contribution in [2.75, 3.05) is 19.0 Å². The van der Waals surface area contributed by atoms with Gasteiger partial charge in [0.15, 0.2) is 0 Å². The number of pyridine rings is 1. The molecule has 0 radical (unpaired) electrons. The van der Waals surface area contributed by atoms with E-state index in [1.54, 1.807) is 43.8 Å². The lowest BCUT2D eigenvalue weighted by molar-refractivity contribution is -0.136. The van der Waals surface area contributed by atoms with Gasteiger partial charge in [-0.15, -0.1) is 0 Å². The summed E-state index contributed by atoms with van der Waals surface area (Å²) >= 11 is 0. The number of benzene rings is 1. The number of nitrogens with two attached hydrogens (primary N) is 1. The van der Waals surface area contributed by atoms with Crippen LogP contribution in [0, 0.1) is 5.92 Å². The smallest absolute Gasteiger partial charge is 0.262 e. The average Bonchev–Trinajstić information content (AvgIpc) is 3.18. The van der Waals surface area contributed by atoms with E-state index in [0.29, 0.717) is 17.4 Å². The Balaban J connectivity index is 1.07. The van der Waals surface area contributed by atoms with Crippen LogP contribution in [-0.2, 0) is 9.59 Å². The molecule has 3 aliphatic rings. The van der Waals surface area contributed by atoms with E-state index in [1.807, 2.05) is 6.07 Å². The van der Waals surface area contributed by atoms with Crippen molar-refractivity contribution in [3.05, 3.63) is 59.5 Å². The number of amides is 4. The number of carbonyl (C=O) groups excluding carboxylic acids is 4. The maximum atomic E-state index is 13.0. The summed E-state index contributed by atoms with van der Waals surface area (Å²) in [5.41, 5.74) is 8.48. The Kier molecular flexibility index (Phi) is 7.90. The van der Waals surface area contributed by atoms with Gasteiger partial charge < -0.3 is 15.8 Å². The van der Waals surface area contributed by atoms with Crippen molar-refractivity contribution in [3.8, 4) is 5.75 Å². The van der Waals surface area contributed by atoms with E-state index in [9.17, 15) is 19.2 Å². The number of hydrogen-bond donors (Lipinski definition) is 3. The Morgan fingerprint density at radius 2 is 2.00 bits per heavy atom. The molecule has 1 unspecified atom stereocenters. The number of allylic oxidation sites excluding steroid dienone is 1. The number of hydrogen-bond acceptors (Lipinski definition) is 9. The summed E-state index contributed by atoms with van der Waals surface area (Å²) < 4.78 is 5.36. The van der Waals surface area contributed by atoms with Gasteiger partial charge in [0.1, 0.15) is 17.5 Å². The molecule has 1 saturated heterocycles. The van der Waals surface area contributed by atoms with E-state index in [1.165, 1.54) is 6.20 Å². The van der Waals surface area contributed by atoms with Crippen molar-refractivity contribution in [1.29, 1.82) is 0 Å². The van der Waals surface area contributed by atoms with Crippen molar-refractivity contribution in [2.24, 2.45) is 16.6 Å². The molecule has 208 valence electrons. The molecule has 40 heavy (non-hydrogen) atoms. The highest BCUT2D eigenvalue weighted by molar-refractivity contribution is 6.23. The van der Waals surface area contributed by atoms with Gasteiger partial charge in [0.2, 0.25) is 11.8 Å². The number of ether oxygens (including phenoxy) is 1. The molecule has 3 heterocycles. The Labute approximate surface area is 231 Å². The second-order valence-corrected chi connectivity index (χ2v) is 10.2. The van der Waals surface area contributed by atoms with Crippen molar-refractivity contribution in [3.63, 3.8) is 0 Å². The largest absolute Gasteiger partial charge is 0.494 e. The van der Waals surface area contributed by atoms with Crippen LogP contribution in [0.1, 0.15) is 64.9 Å². The summed E-state index contributed by atoms with van der Waals surface area (Å²) in [7, 11) is 1.60. The fraction of sp³-hybridized carbons (Fsp3) is 0.379. The van der Waals surface area contributed by atoms with Crippen LogP contribution in [-0.4, -0.2) is 65.5 Å². The maximum Gasteiger partial charge on any atom is 0.262 e. The molecular weight excluding hydrogens is 512 g/mol. The molecule has 1 atom stereocenters. The van der Waals surface area contributed by atoms with Crippen LogP contribution in [0.15, 0.2) is 47.7 Å². The zero-order chi connectivity index (χ0) is 28.2. The van der Waals surface area contributed by atoms with Gasteiger partial charge in [-0.05, 0) is 68.4 Å². The zero-order valence-corrected chi connectivity index (χ0v) is 22.3. The van der Waals surface area contributed by atoms with Crippen LogP contribution in [0.3, 0.4) is 0 Å². The fourth-order valence-electron chi connectivity index (χ4n) is 5.40. The first kappa shape index (κ1) is 27.0. The lowest BCUT2D eigenvalue weighted by atomic mass is 9.78. The number of piperidine rings is 1. The third-order valence-electron chi connectivity index (χ3n) is 7.64. The summed E-state index contributed by atoms with van der Waals surface area (Å²) in [6, 6.07) is 7.98. The van der Waals surface area contributed by atoms with E-state index in [4.69, 9.17) is 10.5 Å². The number of rotatable bonds is 10. The molecule has 0 spiro atoms. The van der Waals surface area contributed by atoms with Gasteiger partial charge in [0, 0.05) is 42.8 Å². The van der Waals surface area contributed by atoms with Gasteiger partial charge in [0.05, 0.1) is 24.3 Å². The Hall–Kier alpha value is -4.54. The number of fused-ring (bicyclic) bond motifs is 1. The summed E-state index contributed by atoms with van der Waals surface area (Å²) in [5, 5.41) is 5.54. The monoisotopic (exact) mass is 544 g/mol. The van der Waals surface area contributed by atoms with Gasteiger partial charge in [-0.1, -0.05) is 0 Å². The predicted octanol–water partition coefficient (Wildman–Crippen LogP) is 2.53. The van der Waals surface area contributed by atoms with Crippen molar-refractivity contribution < 1.29 is 23.9 Å². The Bertz CT molecular complexity index is 1400. The molecule has 2 aliphatic heterocycles. The number of imide groups is 2. The molecule has 2 aromatic rings. The molecule has 11 nitrogen and oxygen atoms in total. The second-order valence-electron chi connectivity index (χ2n) is 10.2. The number of nitrogens with one attached hydrogen (secondary N) is 2. The standard InChI is InChI=1S/C29H32N6O5/c1-40-24-5-3-11-32-26(24)18(15-30)16-33-20-12-17(13-20)4-2-10-31-19-6-7-21-22(14-19)29(39)35(28(21)38)23-8-9-25(36)34-27(23)37/h3,5-7,11,14-17,20,23,31H,2,4,8-10,12-13,30H2,1H3,(H,34,36,37). The topological polar surface area (TPSA) is 156 Å². The van der Waals surface area contributed by atoms with Gasteiger partial charge in [-0.2, -0.15) is 0 Å². The first-order valence-corrected chi connectivity index (χ1v) is 13.4. The quantitative estimate of drug-likeness (QED) is 0.234. The van der Waals surface area contributed by atoms with E-state index >= 15 is 0 Å². The van der Waals surface area contributed by atoms with Crippen molar-refractivity contribution in [1.82, 2.24) is 15.2 Å². The first-order valence-electron chi connectivity index (χ1n) is 13.4. The molecule has 11 heteroatoms. The van der Waals surface area contributed by atoms with Crippen LogP contribution in [0.4, 0.5) is 5.69 Å².